The van der Waals surface area contributed by atoms with Crippen molar-refractivity contribution in [1.29, 1.82) is 0 Å². The van der Waals surface area contributed by atoms with Gasteiger partial charge in [0, 0.05) is 17.0 Å². The molecular formula is C17H20ClNO3. The lowest BCUT2D eigenvalue weighted by molar-refractivity contribution is -0.168. The van der Waals surface area contributed by atoms with Gasteiger partial charge in [-0.1, -0.05) is 37.6 Å². The maximum absolute atomic E-state index is 12.8. The van der Waals surface area contributed by atoms with Crippen molar-refractivity contribution in [3.8, 4) is 0 Å². The van der Waals surface area contributed by atoms with E-state index in [-0.39, 0.29) is 11.9 Å². The van der Waals surface area contributed by atoms with E-state index in [1.165, 1.54) is 0 Å². The number of esters is 1. The molecule has 1 heterocycles. The Hall–Kier alpha value is -1.55. The number of rotatable bonds is 3. The maximum atomic E-state index is 12.8. The second-order valence-electron chi connectivity index (χ2n) is 6.98. The lowest BCUT2D eigenvalue weighted by Gasteiger charge is -2.35. The lowest BCUT2D eigenvalue weighted by Crippen LogP contribution is -2.53. The van der Waals surface area contributed by atoms with Gasteiger partial charge in [0.05, 0.1) is 5.41 Å². The van der Waals surface area contributed by atoms with Gasteiger partial charge in [0.25, 0.3) is 5.91 Å². The molecule has 0 aromatic heterocycles. The number of hydrogen-bond acceptors (Lipinski definition) is 3. The van der Waals surface area contributed by atoms with E-state index in [4.69, 9.17) is 16.3 Å². The van der Waals surface area contributed by atoms with E-state index in [1.54, 1.807) is 12.1 Å². The minimum Gasteiger partial charge on any atom is -0.448 e. The molecule has 3 rings (SSSR count). The van der Waals surface area contributed by atoms with Crippen molar-refractivity contribution in [2.75, 3.05) is 0 Å². The monoisotopic (exact) mass is 321 g/mol. The van der Waals surface area contributed by atoms with Crippen LogP contribution in [0.1, 0.15) is 39.2 Å². The van der Waals surface area contributed by atoms with Crippen LogP contribution in [-0.2, 0) is 20.9 Å². The molecule has 0 radical (unpaired) electrons. The van der Waals surface area contributed by atoms with E-state index in [1.807, 2.05) is 32.9 Å². The van der Waals surface area contributed by atoms with Gasteiger partial charge in [0.1, 0.15) is 0 Å². The molecule has 1 N–H and O–H groups in total. The van der Waals surface area contributed by atoms with Gasteiger partial charge in [-0.05, 0) is 37.5 Å². The summed E-state index contributed by atoms with van der Waals surface area (Å²) in [4.78, 5) is 24.9. The zero-order valence-corrected chi connectivity index (χ0v) is 13.8. The zero-order valence-electron chi connectivity index (χ0n) is 13.0. The fourth-order valence-electron chi connectivity index (χ4n) is 3.67. The van der Waals surface area contributed by atoms with Gasteiger partial charge in [-0.15, -0.1) is 0 Å². The summed E-state index contributed by atoms with van der Waals surface area (Å²) in [6.45, 7) is 6.19. The Morgan fingerprint density at radius 2 is 1.86 bits per heavy atom. The van der Waals surface area contributed by atoms with Crippen LogP contribution in [0.4, 0.5) is 0 Å². The van der Waals surface area contributed by atoms with Crippen molar-refractivity contribution in [2.45, 2.75) is 45.8 Å². The van der Waals surface area contributed by atoms with Gasteiger partial charge in [0.15, 0.2) is 5.60 Å². The first-order valence-electron chi connectivity index (χ1n) is 7.49. The molecule has 2 atom stereocenters. The number of carbonyl (C=O) groups excluding carboxylic acids is 2. The molecule has 2 fully saturated rings. The van der Waals surface area contributed by atoms with Crippen LogP contribution in [0, 0.1) is 10.8 Å². The number of nitrogens with one attached hydrogen (secondary N) is 1. The first-order chi connectivity index (χ1) is 10.2. The number of halogens is 1. The van der Waals surface area contributed by atoms with Crippen molar-refractivity contribution in [3.63, 3.8) is 0 Å². The molecule has 1 saturated carbocycles. The maximum Gasteiger partial charge on any atom is 0.313 e. The average molecular weight is 322 g/mol. The highest BCUT2D eigenvalue weighted by molar-refractivity contribution is 6.30. The van der Waals surface area contributed by atoms with Crippen LogP contribution < -0.4 is 5.32 Å². The van der Waals surface area contributed by atoms with Crippen molar-refractivity contribution in [3.05, 3.63) is 34.9 Å². The standard InChI is InChI=1S/C17H20ClNO3/c1-15(2)16(3)8-9-17(15,22-14(16)21)13(20)19-10-11-4-6-12(18)7-5-11/h4-7H,8-10H2,1-3H3,(H,19,20)/t16-,17-/m1/s1. The Kier molecular flexibility index (Phi) is 3.29. The van der Waals surface area contributed by atoms with Crippen LogP contribution in [-0.4, -0.2) is 17.5 Å². The molecule has 1 aromatic rings. The summed E-state index contributed by atoms with van der Waals surface area (Å²) < 4.78 is 5.56. The van der Waals surface area contributed by atoms with Crippen LogP contribution >= 0.6 is 11.6 Å². The molecule has 0 spiro atoms. The summed E-state index contributed by atoms with van der Waals surface area (Å²) in [6, 6.07) is 7.30. The van der Waals surface area contributed by atoms with Gasteiger partial charge >= 0.3 is 5.97 Å². The van der Waals surface area contributed by atoms with Gasteiger partial charge in [0.2, 0.25) is 0 Å². The SMILES string of the molecule is CC1(C)[C@]2(C)CC[C@]1(C(=O)NCc1ccc(Cl)cc1)OC2=O. The molecule has 1 aliphatic carbocycles. The van der Waals surface area contributed by atoms with Gasteiger partial charge in [-0.2, -0.15) is 0 Å². The molecule has 2 bridgehead atoms. The van der Waals surface area contributed by atoms with E-state index in [0.29, 0.717) is 24.4 Å². The molecule has 1 amide bonds. The first kappa shape index (κ1) is 15.3. The third kappa shape index (κ3) is 1.83. The Labute approximate surface area is 135 Å². The summed E-state index contributed by atoms with van der Waals surface area (Å²) in [6.07, 6.45) is 1.27. The number of ether oxygens (including phenoxy) is 1. The molecule has 4 nitrogen and oxygen atoms in total. The first-order valence-corrected chi connectivity index (χ1v) is 7.87. The Morgan fingerprint density at radius 3 is 2.36 bits per heavy atom. The average Bonchev–Trinajstić information content (AvgIpc) is 2.77. The Balaban J connectivity index is 1.78. The number of carbonyl (C=O) groups is 2. The lowest BCUT2D eigenvalue weighted by atomic mass is 9.66. The molecular weight excluding hydrogens is 302 g/mol. The van der Waals surface area contributed by atoms with E-state index in [0.717, 1.165) is 5.56 Å². The zero-order chi connectivity index (χ0) is 16.2. The van der Waals surface area contributed by atoms with E-state index >= 15 is 0 Å². The molecule has 1 saturated heterocycles. The van der Waals surface area contributed by atoms with E-state index in [9.17, 15) is 9.59 Å². The molecule has 5 heteroatoms. The molecule has 0 unspecified atom stereocenters. The molecule has 118 valence electrons. The Bertz CT molecular complexity index is 640. The summed E-state index contributed by atoms with van der Waals surface area (Å²) in [5, 5.41) is 3.57. The Morgan fingerprint density at radius 1 is 1.23 bits per heavy atom. The summed E-state index contributed by atoms with van der Waals surface area (Å²) in [5.74, 6) is -0.465. The number of amides is 1. The van der Waals surface area contributed by atoms with E-state index in [2.05, 4.69) is 5.32 Å². The summed E-state index contributed by atoms with van der Waals surface area (Å²) >= 11 is 5.85. The fraction of sp³-hybridized carbons (Fsp3) is 0.529. The van der Waals surface area contributed by atoms with Crippen LogP contribution in [0.15, 0.2) is 24.3 Å². The van der Waals surface area contributed by atoms with Gasteiger partial charge < -0.3 is 10.1 Å². The van der Waals surface area contributed by atoms with Gasteiger partial charge in [-0.3, -0.25) is 9.59 Å². The smallest absolute Gasteiger partial charge is 0.313 e. The highest BCUT2D eigenvalue weighted by atomic mass is 35.5. The van der Waals surface area contributed by atoms with Gasteiger partial charge in [-0.25, -0.2) is 0 Å². The second kappa shape index (κ2) is 4.72. The molecule has 22 heavy (non-hydrogen) atoms. The van der Waals surface area contributed by atoms with Crippen LogP contribution in [0.5, 0.6) is 0 Å². The minimum atomic E-state index is -1.05. The highest BCUT2D eigenvalue weighted by Crippen LogP contribution is 2.65. The van der Waals surface area contributed by atoms with E-state index < -0.39 is 16.4 Å². The number of hydrogen-bond donors (Lipinski definition) is 1. The molecule has 1 aromatic carbocycles. The topological polar surface area (TPSA) is 55.4 Å². The quantitative estimate of drug-likeness (QED) is 0.870. The number of benzene rings is 1. The molecule has 1 aliphatic heterocycles. The fourth-order valence-corrected chi connectivity index (χ4v) is 3.80. The number of fused-ring (bicyclic) bond motifs is 2. The van der Waals surface area contributed by atoms with Crippen LogP contribution in [0.3, 0.4) is 0 Å². The predicted molar refractivity (Wildman–Crippen MR) is 83.2 cm³/mol. The van der Waals surface area contributed by atoms with Crippen LogP contribution in [0.2, 0.25) is 5.02 Å². The third-order valence-electron chi connectivity index (χ3n) is 5.82. The summed E-state index contributed by atoms with van der Waals surface area (Å²) in [7, 11) is 0. The van der Waals surface area contributed by atoms with Crippen molar-refractivity contribution in [1.82, 2.24) is 5.32 Å². The minimum absolute atomic E-state index is 0.206. The predicted octanol–water partition coefficient (Wildman–Crippen LogP) is 3.08. The molecule has 2 aliphatic rings. The largest absolute Gasteiger partial charge is 0.448 e. The second-order valence-corrected chi connectivity index (χ2v) is 7.42. The van der Waals surface area contributed by atoms with Crippen molar-refractivity contribution in [2.24, 2.45) is 10.8 Å². The van der Waals surface area contributed by atoms with Crippen LogP contribution in [0.25, 0.3) is 0 Å². The third-order valence-corrected chi connectivity index (χ3v) is 6.07. The van der Waals surface area contributed by atoms with Crippen molar-refractivity contribution < 1.29 is 14.3 Å². The normalized spacial score (nSPS) is 31.9. The summed E-state index contributed by atoms with van der Waals surface area (Å²) in [5.41, 5.74) is -1.19. The highest BCUT2D eigenvalue weighted by Gasteiger charge is 2.75. The van der Waals surface area contributed by atoms with Crippen molar-refractivity contribution >= 4 is 23.5 Å².